The molecule has 0 unspecified atom stereocenters. The number of hydrogen-bond donors (Lipinski definition) is 1. The molecule has 0 spiro atoms. The fraction of sp³-hybridized carbons (Fsp3) is 0.316. The van der Waals surface area contributed by atoms with Crippen LogP contribution in [0.15, 0.2) is 42.5 Å². The number of hydrogen-bond acceptors (Lipinski definition) is 3. The Kier molecular flexibility index (Phi) is 5.65. The summed E-state index contributed by atoms with van der Waals surface area (Å²) in [6.07, 6.45) is -4.61. The first-order chi connectivity index (χ1) is 12.9. The molecule has 27 heavy (non-hydrogen) atoms. The molecule has 0 radical (unpaired) electrons. The van der Waals surface area contributed by atoms with Crippen LogP contribution in [0.2, 0.25) is 0 Å². The minimum Gasteiger partial charge on any atom is -0.378 e. The zero-order valence-corrected chi connectivity index (χ0v) is 14.4. The molecule has 2 aromatic carbocycles. The number of carbonyl (C=O) groups excluding carboxylic acids is 1. The van der Waals surface area contributed by atoms with Gasteiger partial charge in [0.05, 0.1) is 24.3 Å². The number of rotatable bonds is 4. The number of morpholine rings is 1. The standard InChI is InChI=1S/C19H18F4N2O2/c20-16-11-14(19(21,22)23)6-5-13(16)12-24-18(26)15-3-1-2-4-17(15)25-7-9-27-10-8-25/h1-6,11H,7-10,12H2,(H,24,26). The van der Waals surface area contributed by atoms with Gasteiger partial charge in [0.15, 0.2) is 0 Å². The fourth-order valence-corrected chi connectivity index (χ4v) is 2.88. The second-order valence-corrected chi connectivity index (χ2v) is 6.10. The summed E-state index contributed by atoms with van der Waals surface area (Å²) in [5.41, 5.74) is 0.0888. The molecule has 1 fully saturated rings. The number of halogens is 4. The third-order valence-corrected chi connectivity index (χ3v) is 4.32. The lowest BCUT2D eigenvalue weighted by Gasteiger charge is -2.30. The van der Waals surface area contributed by atoms with E-state index in [2.05, 4.69) is 5.32 Å². The van der Waals surface area contributed by atoms with Crippen molar-refractivity contribution in [2.24, 2.45) is 0 Å². The number of para-hydroxylation sites is 1. The van der Waals surface area contributed by atoms with Crippen molar-refractivity contribution in [2.75, 3.05) is 31.2 Å². The maximum atomic E-state index is 13.9. The molecular formula is C19H18F4N2O2. The van der Waals surface area contributed by atoms with E-state index >= 15 is 0 Å². The molecule has 0 saturated carbocycles. The Morgan fingerprint density at radius 3 is 2.48 bits per heavy atom. The van der Waals surface area contributed by atoms with Crippen LogP contribution in [-0.2, 0) is 17.5 Å². The molecule has 4 nitrogen and oxygen atoms in total. The first-order valence-electron chi connectivity index (χ1n) is 8.42. The molecule has 1 saturated heterocycles. The average Bonchev–Trinajstić information content (AvgIpc) is 2.66. The molecule has 8 heteroatoms. The molecule has 0 bridgehead atoms. The highest BCUT2D eigenvalue weighted by Crippen LogP contribution is 2.30. The first kappa shape index (κ1) is 19.2. The Bertz CT molecular complexity index is 818. The summed E-state index contributed by atoms with van der Waals surface area (Å²) in [6, 6.07) is 9.28. The number of amides is 1. The maximum absolute atomic E-state index is 13.9. The van der Waals surface area contributed by atoms with Crippen molar-refractivity contribution in [3.05, 3.63) is 65.0 Å². The summed E-state index contributed by atoms with van der Waals surface area (Å²) in [6.45, 7) is 2.22. The third kappa shape index (κ3) is 4.57. The van der Waals surface area contributed by atoms with Gasteiger partial charge in [0.1, 0.15) is 5.82 Å². The molecule has 0 aromatic heterocycles. The van der Waals surface area contributed by atoms with Crippen molar-refractivity contribution < 1.29 is 27.1 Å². The molecule has 0 atom stereocenters. The predicted octanol–water partition coefficient (Wildman–Crippen LogP) is 3.61. The second kappa shape index (κ2) is 7.96. The van der Waals surface area contributed by atoms with Crippen LogP contribution in [-0.4, -0.2) is 32.2 Å². The quantitative estimate of drug-likeness (QED) is 0.822. The van der Waals surface area contributed by atoms with E-state index in [0.717, 1.165) is 17.8 Å². The molecule has 1 amide bonds. The van der Waals surface area contributed by atoms with Gasteiger partial charge in [0.25, 0.3) is 5.91 Å². The summed E-state index contributed by atoms with van der Waals surface area (Å²) in [5.74, 6) is -1.43. The highest BCUT2D eigenvalue weighted by molar-refractivity contribution is 5.99. The summed E-state index contributed by atoms with van der Waals surface area (Å²) in [5, 5.41) is 2.58. The van der Waals surface area contributed by atoms with Gasteiger partial charge in [0.2, 0.25) is 0 Å². The lowest BCUT2D eigenvalue weighted by Crippen LogP contribution is -2.37. The highest BCUT2D eigenvalue weighted by atomic mass is 19.4. The van der Waals surface area contributed by atoms with Gasteiger partial charge >= 0.3 is 6.18 Å². The lowest BCUT2D eigenvalue weighted by atomic mass is 10.1. The van der Waals surface area contributed by atoms with Crippen LogP contribution in [0.4, 0.5) is 23.2 Å². The second-order valence-electron chi connectivity index (χ2n) is 6.10. The average molecular weight is 382 g/mol. The Morgan fingerprint density at radius 1 is 1.11 bits per heavy atom. The Morgan fingerprint density at radius 2 is 1.81 bits per heavy atom. The summed E-state index contributed by atoms with van der Waals surface area (Å²) in [7, 11) is 0. The summed E-state index contributed by atoms with van der Waals surface area (Å²) < 4.78 is 57.1. The minimum atomic E-state index is -4.61. The van der Waals surface area contributed by atoms with Gasteiger partial charge < -0.3 is 15.0 Å². The van der Waals surface area contributed by atoms with Crippen LogP contribution < -0.4 is 10.2 Å². The van der Waals surface area contributed by atoms with Crippen LogP contribution in [0.25, 0.3) is 0 Å². The van der Waals surface area contributed by atoms with Crippen molar-refractivity contribution in [3.8, 4) is 0 Å². The maximum Gasteiger partial charge on any atom is 0.416 e. The van der Waals surface area contributed by atoms with Gasteiger partial charge in [-0.05, 0) is 24.3 Å². The third-order valence-electron chi connectivity index (χ3n) is 4.32. The fourth-order valence-electron chi connectivity index (χ4n) is 2.88. The van der Waals surface area contributed by atoms with E-state index < -0.39 is 23.5 Å². The van der Waals surface area contributed by atoms with Crippen LogP contribution >= 0.6 is 0 Å². The number of alkyl halides is 3. The van der Waals surface area contributed by atoms with Gasteiger partial charge in [0, 0.05) is 30.9 Å². The number of nitrogens with zero attached hydrogens (tertiary/aromatic N) is 1. The van der Waals surface area contributed by atoms with Crippen LogP contribution in [0.3, 0.4) is 0 Å². The van der Waals surface area contributed by atoms with Crippen LogP contribution in [0.1, 0.15) is 21.5 Å². The molecular weight excluding hydrogens is 364 g/mol. The summed E-state index contributed by atoms with van der Waals surface area (Å²) in [4.78, 5) is 14.6. The van der Waals surface area contributed by atoms with Gasteiger partial charge in [-0.25, -0.2) is 4.39 Å². The van der Waals surface area contributed by atoms with Crippen molar-refractivity contribution in [1.29, 1.82) is 0 Å². The Labute approximate surface area is 153 Å². The van der Waals surface area contributed by atoms with Gasteiger partial charge in [-0.3, -0.25) is 4.79 Å². The topological polar surface area (TPSA) is 41.6 Å². The van der Waals surface area contributed by atoms with E-state index in [-0.39, 0.29) is 12.1 Å². The zero-order valence-electron chi connectivity index (χ0n) is 14.4. The first-order valence-corrected chi connectivity index (χ1v) is 8.42. The van der Waals surface area contributed by atoms with E-state index in [4.69, 9.17) is 4.74 Å². The molecule has 1 aliphatic heterocycles. The summed E-state index contributed by atoms with van der Waals surface area (Å²) >= 11 is 0. The minimum absolute atomic E-state index is 0.0137. The smallest absolute Gasteiger partial charge is 0.378 e. The number of nitrogens with one attached hydrogen (secondary N) is 1. The largest absolute Gasteiger partial charge is 0.416 e. The monoisotopic (exact) mass is 382 g/mol. The van der Waals surface area contributed by atoms with Crippen molar-refractivity contribution in [3.63, 3.8) is 0 Å². The van der Waals surface area contributed by atoms with Crippen molar-refractivity contribution >= 4 is 11.6 Å². The predicted molar refractivity (Wildman–Crippen MR) is 92.0 cm³/mol. The number of carbonyl (C=O) groups is 1. The number of ether oxygens (including phenoxy) is 1. The van der Waals surface area contributed by atoms with E-state index in [9.17, 15) is 22.4 Å². The van der Waals surface area contributed by atoms with Crippen molar-refractivity contribution in [2.45, 2.75) is 12.7 Å². The normalized spacial score (nSPS) is 14.9. The SMILES string of the molecule is O=C(NCc1ccc(C(F)(F)F)cc1F)c1ccccc1N1CCOCC1. The molecule has 0 aliphatic carbocycles. The van der Waals surface area contributed by atoms with Crippen LogP contribution in [0, 0.1) is 5.82 Å². The Hall–Kier alpha value is -2.61. The molecule has 1 aliphatic rings. The van der Waals surface area contributed by atoms with Gasteiger partial charge in [-0.2, -0.15) is 13.2 Å². The van der Waals surface area contributed by atoms with E-state index in [1.807, 2.05) is 17.0 Å². The van der Waals surface area contributed by atoms with Crippen molar-refractivity contribution in [1.82, 2.24) is 5.32 Å². The highest BCUT2D eigenvalue weighted by Gasteiger charge is 2.31. The lowest BCUT2D eigenvalue weighted by molar-refractivity contribution is -0.137. The van der Waals surface area contributed by atoms with E-state index in [0.29, 0.717) is 37.9 Å². The molecule has 144 valence electrons. The molecule has 2 aromatic rings. The molecule has 1 N–H and O–H groups in total. The Balaban J connectivity index is 1.72. The van der Waals surface area contributed by atoms with E-state index in [1.165, 1.54) is 0 Å². The number of anilines is 1. The van der Waals surface area contributed by atoms with Gasteiger partial charge in [-0.15, -0.1) is 0 Å². The zero-order chi connectivity index (χ0) is 19.4. The molecule has 1 heterocycles. The van der Waals surface area contributed by atoms with Crippen LogP contribution in [0.5, 0.6) is 0 Å². The van der Waals surface area contributed by atoms with E-state index in [1.54, 1.807) is 12.1 Å². The number of benzene rings is 2. The molecule has 3 rings (SSSR count). The van der Waals surface area contributed by atoms with Gasteiger partial charge in [-0.1, -0.05) is 18.2 Å².